The van der Waals surface area contributed by atoms with Crippen LogP contribution in [0.15, 0.2) is 48.5 Å². The largest absolute Gasteiger partial charge is 0.497 e. The molecule has 0 aliphatic heterocycles. The fourth-order valence-corrected chi connectivity index (χ4v) is 4.30. The lowest BCUT2D eigenvalue weighted by Gasteiger charge is -2.09. The fraction of sp³-hybridized carbons (Fsp3) is 0.208. The second-order valence-electron chi connectivity index (χ2n) is 6.96. The number of amides is 2. The molecule has 8 nitrogen and oxygen atoms in total. The zero-order chi connectivity index (χ0) is 24.7. The number of hydrogen-bond acceptors (Lipinski definition) is 7. The van der Waals surface area contributed by atoms with Crippen LogP contribution < -0.4 is 20.1 Å². The molecule has 0 saturated carbocycles. The van der Waals surface area contributed by atoms with E-state index in [1.54, 1.807) is 69.5 Å². The highest BCUT2D eigenvalue weighted by Crippen LogP contribution is 2.34. The van der Waals surface area contributed by atoms with Gasteiger partial charge in [0.1, 0.15) is 16.5 Å². The van der Waals surface area contributed by atoms with E-state index in [1.807, 2.05) is 0 Å². The van der Waals surface area contributed by atoms with Gasteiger partial charge in [0.25, 0.3) is 11.8 Å². The first kappa shape index (κ1) is 25.1. The molecule has 2 aromatic carbocycles. The summed E-state index contributed by atoms with van der Waals surface area (Å²) in [5.41, 5.74) is 1.02. The SMILES string of the molecule is CCOC(=O)c1c(NC(=O)COc2ccc(OC)cc2)sc(C(=O)Nc2cccc(Cl)c2)c1C. The molecule has 0 aliphatic rings. The molecule has 1 aromatic heterocycles. The van der Waals surface area contributed by atoms with Gasteiger partial charge in [0, 0.05) is 10.7 Å². The number of rotatable bonds is 9. The highest BCUT2D eigenvalue weighted by Gasteiger charge is 2.27. The van der Waals surface area contributed by atoms with Crippen LogP contribution >= 0.6 is 22.9 Å². The summed E-state index contributed by atoms with van der Waals surface area (Å²) >= 11 is 6.96. The van der Waals surface area contributed by atoms with Crippen LogP contribution in [0.4, 0.5) is 10.7 Å². The first-order chi connectivity index (χ1) is 16.3. The number of thiophene rings is 1. The number of esters is 1. The van der Waals surface area contributed by atoms with E-state index in [4.69, 9.17) is 25.8 Å². The normalized spacial score (nSPS) is 10.4. The van der Waals surface area contributed by atoms with Crippen LogP contribution in [0.2, 0.25) is 5.02 Å². The molecule has 0 aliphatic carbocycles. The summed E-state index contributed by atoms with van der Waals surface area (Å²) < 4.78 is 15.7. The summed E-state index contributed by atoms with van der Waals surface area (Å²) in [6.07, 6.45) is 0. The smallest absolute Gasteiger partial charge is 0.341 e. The van der Waals surface area contributed by atoms with Gasteiger partial charge < -0.3 is 24.8 Å². The number of hydrogen-bond donors (Lipinski definition) is 2. The lowest BCUT2D eigenvalue weighted by molar-refractivity contribution is -0.118. The molecule has 0 bridgehead atoms. The maximum Gasteiger partial charge on any atom is 0.341 e. The summed E-state index contributed by atoms with van der Waals surface area (Å²) in [4.78, 5) is 38.3. The van der Waals surface area contributed by atoms with Crippen molar-refractivity contribution in [1.82, 2.24) is 0 Å². The van der Waals surface area contributed by atoms with Gasteiger partial charge in [-0.1, -0.05) is 17.7 Å². The summed E-state index contributed by atoms with van der Waals surface area (Å²) in [6, 6.07) is 13.4. The van der Waals surface area contributed by atoms with Gasteiger partial charge in [-0.05, 0) is 61.9 Å². The average molecular weight is 503 g/mol. The van der Waals surface area contributed by atoms with Crippen LogP contribution in [0.5, 0.6) is 11.5 Å². The van der Waals surface area contributed by atoms with Crippen molar-refractivity contribution in [3.8, 4) is 11.5 Å². The van der Waals surface area contributed by atoms with Gasteiger partial charge in [0.05, 0.1) is 24.2 Å². The molecule has 0 atom stereocenters. The van der Waals surface area contributed by atoms with Crippen LogP contribution in [0.3, 0.4) is 0 Å². The van der Waals surface area contributed by atoms with Crippen LogP contribution in [0.25, 0.3) is 0 Å². The van der Waals surface area contributed by atoms with Crippen molar-refractivity contribution in [2.45, 2.75) is 13.8 Å². The molecule has 0 unspecified atom stereocenters. The maximum absolute atomic E-state index is 12.9. The summed E-state index contributed by atoms with van der Waals surface area (Å²) in [7, 11) is 1.55. The molecule has 178 valence electrons. The number of carbonyl (C=O) groups excluding carboxylic acids is 3. The zero-order valence-electron chi connectivity index (χ0n) is 18.8. The third-order valence-electron chi connectivity index (χ3n) is 4.60. The molecule has 0 spiro atoms. The Kier molecular flexibility index (Phi) is 8.50. The van der Waals surface area contributed by atoms with Gasteiger partial charge >= 0.3 is 5.97 Å². The lowest BCUT2D eigenvalue weighted by Crippen LogP contribution is -2.21. The third-order valence-corrected chi connectivity index (χ3v) is 6.04. The number of carbonyl (C=O) groups is 3. The topological polar surface area (TPSA) is 103 Å². The van der Waals surface area contributed by atoms with E-state index in [2.05, 4.69) is 10.6 Å². The van der Waals surface area contributed by atoms with Gasteiger partial charge in [0.15, 0.2) is 6.61 Å². The average Bonchev–Trinajstić information content (AvgIpc) is 3.14. The van der Waals surface area contributed by atoms with E-state index in [0.717, 1.165) is 11.3 Å². The highest BCUT2D eigenvalue weighted by molar-refractivity contribution is 7.19. The fourth-order valence-electron chi connectivity index (χ4n) is 3.00. The zero-order valence-corrected chi connectivity index (χ0v) is 20.3. The molecule has 0 saturated heterocycles. The first-order valence-electron chi connectivity index (χ1n) is 10.3. The van der Waals surface area contributed by atoms with Gasteiger partial charge in [-0.25, -0.2) is 4.79 Å². The van der Waals surface area contributed by atoms with Crippen molar-refractivity contribution >= 4 is 51.4 Å². The summed E-state index contributed by atoms with van der Waals surface area (Å²) in [5.74, 6) is -0.432. The minimum atomic E-state index is -0.635. The second-order valence-corrected chi connectivity index (χ2v) is 8.41. The van der Waals surface area contributed by atoms with E-state index < -0.39 is 17.8 Å². The van der Waals surface area contributed by atoms with Crippen molar-refractivity contribution in [2.24, 2.45) is 0 Å². The quantitative estimate of drug-likeness (QED) is 0.391. The molecule has 2 N–H and O–H groups in total. The molecule has 0 radical (unpaired) electrons. The molecule has 1 heterocycles. The number of benzene rings is 2. The van der Waals surface area contributed by atoms with Crippen LogP contribution in [-0.4, -0.2) is 38.1 Å². The van der Waals surface area contributed by atoms with E-state index in [9.17, 15) is 14.4 Å². The summed E-state index contributed by atoms with van der Waals surface area (Å²) in [6.45, 7) is 3.15. The number of nitrogens with one attached hydrogen (secondary N) is 2. The van der Waals surface area contributed by atoms with Crippen LogP contribution in [0, 0.1) is 6.92 Å². The Morgan fingerprint density at radius 1 is 1.03 bits per heavy atom. The standard InChI is InChI=1S/C24H23ClN2O6S/c1-4-32-24(30)20-14(2)21(22(29)26-16-7-5-6-15(25)12-16)34-23(20)27-19(28)13-33-18-10-8-17(31-3)9-11-18/h5-12H,4,13H2,1-3H3,(H,26,29)(H,27,28). The number of ether oxygens (including phenoxy) is 3. The van der Waals surface area contributed by atoms with Gasteiger partial charge in [0.2, 0.25) is 0 Å². The van der Waals surface area contributed by atoms with Crippen molar-refractivity contribution in [2.75, 3.05) is 31.0 Å². The minimum Gasteiger partial charge on any atom is -0.497 e. The van der Waals surface area contributed by atoms with Crippen molar-refractivity contribution in [3.63, 3.8) is 0 Å². The van der Waals surface area contributed by atoms with E-state index in [0.29, 0.717) is 27.8 Å². The molecular formula is C24H23ClN2O6S. The number of halogens is 1. The van der Waals surface area contributed by atoms with Crippen molar-refractivity contribution in [3.05, 3.63) is 69.6 Å². The Labute approximate surface area is 205 Å². The number of methoxy groups -OCH3 is 1. The molecule has 10 heteroatoms. The molecule has 0 fully saturated rings. The maximum atomic E-state index is 12.9. The highest BCUT2D eigenvalue weighted by atomic mass is 35.5. The predicted octanol–water partition coefficient (Wildman–Crippen LogP) is 5.17. The van der Waals surface area contributed by atoms with Gasteiger partial charge in [-0.3, -0.25) is 9.59 Å². The molecule has 3 aromatic rings. The van der Waals surface area contributed by atoms with E-state index in [1.165, 1.54) is 0 Å². The van der Waals surface area contributed by atoms with Crippen molar-refractivity contribution < 1.29 is 28.6 Å². The first-order valence-corrected chi connectivity index (χ1v) is 11.5. The molecular weight excluding hydrogens is 480 g/mol. The Hall–Kier alpha value is -3.56. The molecule has 3 rings (SSSR count). The third kappa shape index (κ3) is 6.27. The van der Waals surface area contributed by atoms with Crippen LogP contribution in [-0.2, 0) is 9.53 Å². The Morgan fingerprint density at radius 3 is 2.38 bits per heavy atom. The lowest BCUT2D eigenvalue weighted by atomic mass is 10.1. The second kappa shape index (κ2) is 11.5. The number of anilines is 2. The molecule has 34 heavy (non-hydrogen) atoms. The summed E-state index contributed by atoms with van der Waals surface area (Å²) in [5, 5.41) is 6.08. The Balaban J connectivity index is 1.78. The minimum absolute atomic E-state index is 0.126. The molecule has 2 amide bonds. The van der Waals surface area contributed by atoms with Gasteiger partial charge in [-0.15, -0.1) is 11.3 Å². The van der Waals surface area contributed by atoms with Crippen molar-refractivity contribution in [1.29, 1.82) is 0 Å². The predicted molar refractivity (Wildman–Crippen MR) is 132 cm³/mol. The Morgan fingerprint density at radius 2 is 1.74 bits per heavy atom. The Bertz CT molecular complexity index is 1190. The van der Waals surface area contributed by atoms with E-state index in [-0.39, 0.29) is 28.7 Å². The van der Waals surface area contributed by atoms with Crippen LogP contribution in [0.1, 0.15) is 32.5 Å². The van der Waals surface area contributed by atoms with E-state index >= 15 is 0 Å². The monoisotopic (exact) mass is 502 g/mol. The van der Waals surface area contributed by atoms with Gasteiger partial charge in [-0.2, -0.15) is 0 Å².